The molecule has 2 unspecified atom stereocenters. The predicted octanol–water partition coefficient (Wildman–Crippen LogP) is 1.09. The van der Waals surface area contributed by atoms with Crippen LogP contribution in [0.25, 0.3) is 0 Å². The molecule has 1 aliphatic rings. The van der Waals surface area contributed by atoms with Crippen LogP contribution in [-0.4, -0.2) is 37.2 Å². The van der Waals surface area contributed by atoms with Gasteiger partial charge in [-0.1, -0.05) is 6.92 Å². The summed E-state index contributed by atoms with van der Waals surface area (Å²) in [7, 11) is -4.41. The van der Waals surface area contributed by atoms with Gasteiger partial charge in [-0.3, -0.25) is 4.21 Å². The molecule has 0 bridgehead atoms. The predicted molar refractivity (Wildman–Crippen MR) is 82.0 cm³/mol. The van der Waals surface area contributed by atoms with Gasteiger partial charge >= 0.3 is 0 Å². The molecule has 0 radical (unpaired) electrons. The average molecular weight is 316 g/mol. The molecule has 2 atom stereocenters. The van der Waals surface area contributed by atoms with Gasteiger partial charge in [-0.15, -0.1) is 0 Å². The van der Waals surface area contributed by atoms with Crippen LogP contribution >= 0.6 is 0 Å². The minimum atomic E-state index is -3.48. The van der Waals surface area contributed by atoms with E-state index in [4.69, 9.17) is 0 Å². The van der Waals surface area contributed by atoms with E-state index >= 15 is 0 Å². The molecular formula is C13H20N2O3S2. The van der Waals surface area contributed by atoms with Gasteiger partial charge in [-0.05, 0) is 36.6 Å². The second kappa shape index (κ2) is 6.24. The number of fused-ring (bicyclic) bond motifs is 1. The van der Waals surface area contributed by atoms with E-state index < -0.39 is 20.8 Å². The average Bonchev–Trinajstić information content (AvgIpc) is 2.85. The number of hydrogen-bond donors (Lipinski definition) is 2. The third kappa shape index (κ3) is 3.59. The lowest BCUT2D eigenvalue weighted by Crippen LogP contribution is -2.27. The number of hydrogen-bond acceptors (Lipinski definition) is 4. The lowest BCUT2D eigenvalue weighted by atomic mass is 10.2. The molecular weight excluding hydrogens is 296 g/mol. The second-order valence-electron chi connectivity index (χ2n) is 4.99. The molecule has 5 nitrogen and oxygen atoms in total. The van der Waals surface area contributed by atoms with Crippen LogP contribution in [-0.2, 0) is 27.2 Å². The SMILES string of the molecule is CC(CCNS(=O)(=O)c1ccc2c(c1)CCN2)S(C)=O. The van der Waals surface area contributed by atoms with E-state index in [1.807, 2.05) is 6.92 Å². The molecule has 7 heteroatoms. The Labute approximate surface area is 122 Å². The van der Waals surface area contributed by atoms with Gasteiger partial charge in [-0.2, -0.15) is 0 Å². The number of benzene rings is 1. The highest BCUT2D eigenvalue weighted by atomic mass is 32.2. The molecule has 2 rings (SSSR count). The summed E-state index contributed by atoms with van der Waals surface area (Å²) < 4.78 is 38.1. The summed E-state index contributed by atoms with van der Waals surface area (Å²) in [5.41, 5.74) is 2.05. The first-order chi connectivity index (χ1) is 9.40. The van der Waals surface area contributed by atoms with E-state index in [0.29, 0.717) is 17.9 Å². The fraction of sp³-hybridized carbons (Fsp3) is 0.538. The summed E-state index contributed by atoms with van der Waals surface area (Å²) in [6.07, 6.45) is 3.05. The van der Waals surface area contributed by atoms with Crippen LogP contribution in [0.15, 0.2) is 23.1 Å². The van der Waals surface area contributed by atoms with E-state index in [-0.39, 0.29) is 5.25 Å². The van der Waals surface area contributed by atoms with Crippen LogP contribution in [0.5, 0.6) is 0 Å². The summed E-state index contributed by atoms with van der Waals surface area (Å²) in [6.45, 7) is 3.01. The first kappa shape index (κ1) is 15.5. The Morgan fingerprint density at radius 3 is 2.90 bits per heavy atom. The first-order valence-electron chi connectivity index (χ1n) is 6.59. The third-order valence-corrected chi connectivity index (χ3v) is 6.33. The molecule has 0 spiro atoms. The quantitative estimate of drug-likeness (QED) is 0.824. The molecule has 1 aliphatic heterocycles. The zero-order valence-electron chi connectivity index (χ0n) is 11.7. The van der Waals surface area contributed by atoms with Crippen LogP contribution in [0, 0.1) is 0 Å². The largest absolute Gasteiger partial charge is 0.384 e. The minimum Gasteiger partial charge on any atom is -0.384 e. The molecule has 1 heterocycles. The Morgan fingerprint density at radius 1 is 1.45 bits per heavy atom. The molecule has 0 amide bonds. The van der Waals surface area contributed by atoms with Crippen LogP contribution in [0.3, 0.4) is 0 Å². The minimum absolute atomic E-state index is 0.0121. The maximum atomic E-state index is 12.2. The molecule has 1 aromatic rings. The molecule has 1 aromatic carbocycles. The van der Waals surface area contributed by atoms with Crippen LogP contribution in [0.1, 0.15) is 18.9 Å². The van der Waals surface area contributed by atoms with Crippen molar-refractivity contribution in [3.05, 3.63) is 23.8 Å². The van der Waals surface area contributed by atoms with Crippen LogP contribution < -0.4 is 10.0 Å². The van der Waals surface area contributed by atoms with Gasteiger partial charge < -0.3 is 5.32 Å². The van der Waals surface area contributed by atoms with E-state index in [0.717, 1.165) is 24.2 Å². The standard InChI is InChI=1S/C13H20N2O3S2/c1-10(19(2)16)5-8-15-20(17,18)12-3-4-13-11(9-12)6-7-14-13/h3-4,9-10,14-15H,5-8H2,1-2H3. The molecule has 2 N–H and O–H groups in total. The fourth-order valence-electron chi connectivity index (χ4n) is 2.09. The highest BCUT2D eigenvalue weighted by Gasteiger charge is 2.18. The summed E-state index contributed by atoms with van der Waals surface area (Å²) in [5.74, 6) is 0. The number of nitrogens with one attached hydrogen (secondary N) is 2. The molecule has 20 heavy (non-hydrogen) atoms. The molecule has 0 saturated heterocycles. The van der Waals surface area contributed by atoms with Crippen molar-refractivity contribution in [3.63, 3.8) is 0 Å². The van der Waals surface area contributed by atoms with Crippen LogP contribution in [0.2, 0.25) is 0 Å². The van der Waals surface area contributed by atoms with Crippen molar-refractivity contribution in [2.24, 2.45) is 0 Å². The number of rotatable bonds is 6. The fourth-order valence-corrected chi connectivity index (χ4v) is 3.64. The van der Waals surface area contributed by atoms with Crippen molar-refractivity contribution >= 4 is 26.5 Å². The van der Waals surface area contributed by atoms with Gasteiger partial charge in [0, 0.05) is 41.1 Å². The van der Waals surface area contributed by atoms with E-state index in [9.17, 15) is 12.6 Å². The Bertz CT molecular complexity index is 614. The lowest BCUT2D eigenvalue weighted by molar-refractivity contribution is 0.578. The van der Waals surface area contributed by atoms with E-state index in [1.165, 1.54) is 0 Å². The van der Waals surface area contributed by atoms with Crippen molar-refractivity contribution in [3.8, 4) is 0 Å². The molecule has 0 fully saturated rings. The summed E-state index contributed by atoms with van der Waals surface area (Å²) in [6, 6.07) is 5.14. The molecule has 112 valence electrons. The van der Waals surface area contributed by atoms with Crippen LogP contribution in [0.4, 0.5) is 5.69 Å². The van der Waals surface area contributed by atoms with Gasteiger partial charge in [0.15, 0.2) is 0 Å². The zero-order chi connectivity index (χ0) is 14.8. The highest BCUT2D eigenvalue weighted by molar-refractivity contribution is 7.89. The maximum absolute atomic E-state index is 12.2. The molecule has 0 aliphatic carbocycles. The highest BCUT2D eigenvalue weighted by Crippen LogP contribution is 2.24. The monoisotopic (exact) mass is 316 g/mol. The van der Waals surface area contributed by atoms with Crippen molar-refractivity contribution in [2.75, 3.05) is 24.7 Å². The van der Waals surface area contributed by atoms with Gasteiger partial charge in [0.05, 0.1) is 4.90 Å². The van der Waals surface area contributed by atoms with Gasteiger partial charge in [0.1, 0.15) is 0 Å². The summed E-state index contributed by atoms with van der Waals surface area (Å²) in [4.78, 5) is 0.297. The molecule has 0 aromatic heterocycles. The normalized spacial score (nSPS) is 17.3. The first-order valence-corrected chi connectivity index (χ1v) is 9.69. The van der Waals surface area contributed by atoms with Crippen molar-refractivity contribution in [1.29, 1.82) is 0 Å². The van der Waals surface area contributed by atoms with E-state index in [2.05, 4.69) is 10.0 Å². The van der Waals surface area contributed by atoms with Gasteiger partial charge in [0.2, 0.25) is 10.0 Å². The Hall–Kier alpha value is -0.920. The van der Waals surface area contributed by atoms with Crippen molar-refractivity contribution < 1.29 is 12.6 Å². The summed E-state index contributed by atoms with van der Waals surface area (Å²) >= 11 is 0. The smallest absolute Gasteiger partial charge is 0.240 e. The Balaban J connectivity index is 2.02. The molecule has 0 saturated carbocycles. The summed E-state index contributed by atoms with van der Waals surface area (Å²) in [5, 5.41) is 3.19. The van der Waals surface area contributed by atoms with Gasteiger partial charge in [0.25, 0.3) is 0 Å². The zero-order valence-corrected chi connectivity index (χ0v) is 13.3. The topological polar surface area (TPSA) is 75.3 Å². The number of anilines is 1. The third-order valence-electron chi connectivity index (χ3n) is 3.51. The maximum Gasteiger partial charge on any atom is 0.240 e. The Morgan fingerprint density at radius 2 is 2.20 bits per heavy atom. The van der Waals surface area contributed by atoms with E-state index in [1.54, 1.807) is 24.5 Å². The van der Waals surface area contributed by atoms with Gasteiger partial charge in [-0.25, -0.2) is 13.1 Å². The van der Waals surface area contributed by atoms with Crippen molar-refractivity contribution in [1.82, 2.24) is 4.72 Å². The van der Waals surface area contributed by atoms with Crippen molar-refractivity contribution in [2.45, 2.75) is 29.9 Å². The Kier molecular flexibility index (Phi) is 4.82. The second-order valence-corrected chi connectivity index (χ2v) is 8.56. The lowest BCUT2D eigenvalue weighted by Gasteiger charge is -2.10. The number of sulfonamides is 1.